The third-order valence-corrected chi connectivity index (χ3v) is 4.75. The van der Waals surface area contributed by atoms with Crippen molar-refractivity contribution in [3.8, 4) is 0 Å². The largest absolute Gasteiger partial charge is 0.347 e. The minimum atomic E-state index is -0.226. The van der Waals surface area contributed by atoms with Crippen molar-refractivity contribution >= 4 is 17.5 Å². The molecule has 2 heterocycles. The molecule has 0 bridgehead atoms. The molecule has 0 spiro atoms. The van der Waals surface area contributed by atoms with Gasteiger partial charge in [-0.25, -0.2) is 0 Å². The van der Waals surface area contributed by atoms with Gasteiger partial charge in [-0.3, -0.25) is 14.3 Å². The van der Waals surface area contributed by atoms with E-state index in [1.165, 1.54) is 0 Å². The average Bonchev–Trinajstić information content (AvgIpc) is 3.28. The Bertz CT molecular complexity index is 786. The van der Waals surface area contributed by atoms with Gasteiger partial charge in [0.1, 0.15) is 0 Å². The first-order valence-corrected chi connectivity index (χ1v) is 8.92. The minimum Gasteiger partial charge on any atom is -0.347 e. The van der Waals surface area contributed by atoms with Gasteiger partial charge in [-0.2, -0.15) is 5.10 Å². The van der Waals surface area contributed by atoms with E-state index in [1.807, 2.05) is 37.5 Å². The maximum atomic E-state index is 12.5. The number of aromatic nitrogens is 2. The lowest BCUT2D eigenvalue weighted by Gasteiger charge is -2.17. The fourth-order valence-corrected chi connectivity index (χ4v) is 3.31. The second kappa shape index (κ2) is 8.14. The van der Waals surface area contributed by atoms with Crippen LogP contribution in [0, 0.1) is 5.92 Å². The van der Waals surface area contributed by atoms with E-state index >= 15 is 0 Å². The Balaban J connectivity index is 1.53. The molecule has 0 saturated carbocycles. The zero-order valence-electron chi connectivity index (χ0n) is 15.2. The van der Waals surface area contributed by atoms with E-state index in [1.54, 1.807) is 10.9 Å². The zero-order valence-corrected chi connectivity index (χ0v) is 15.2. The summed E-state index contributed by atoms with van der Waals surface area (Å²) < 4.78 is 1.74. The second-order valence-electron chi connectivity index (χ2n) is 6.64. The molecular weight excluding hydrogens is 330 g/mol. The lowest BCUT2D eigenvalue weighted by Crippen LogP contribution is -2.39. The standard InChI is InChI=1S/C19H25N5O2/c1-3-13-5-4-6-15(7-13)23-18(25)11-21-19(26)17-10-20-9-16(17)14-8-22-24(2)12-14/h4-8,12,16-17,20H,3,9-11H2,1-2H3,(H,21,26)(H,23,25)/t16-,17+/m1/s1. The molecule has 1 fully saturated rings. The molecule has 0 aliphatic carbocycles. The molecule has 2 atom stereocenters. The number of aryl methyl sites for hydroxylation is 2. The molecule has 1 aliphatic rings. The van der Waals surface area contributed by atoms with Crippen molar-refractivity contribution in [3.05, 3.63) is 47.8 Å². The lowest BCUT2D eigenvalue weighted by molar-refractivity contribution is -0.127. The van der Waals surface area contributed by atoms with Crippen LogP contribution < -0.4 is 16.0 Å². The minimum absolute atomic E-state index is 0.0363. The van der Waals surface area contributed by atoms with Gasteiger partial charge in [0.15, 0.2) is 0 Å². The molecule has 1 aromatic heterocycles. The maximum absolute atomic E-state index is 12.5. The summed E-state index contributed by atoms with van der Waals surface area (Å²) in [5.41, 5.74) is 2.95. The Hall–Kier alpha value is -2.67. The highest BCUT2D eigenvalue weighted by Gasteiger charge is 2.34. The SMILES string of the molecule is CCc1cccc(NC(=O)CNC(=O)[C@H]2CNC[C@@H]2c2cnn(C)c2)c1. The van der Waals surface area contributed by atoms with E-state index in [-0.39, 0.29) is 30.2 Å². The molecule has 1 aliphatic heterocycles. The summed E-state index contributed by atoms with van der Waals surface area (Å²) in [6, 6.07) is 7.72. The number of carbonyl (C=O) groups excluding carboxylic acids is 2. The van der Waals surface area contributed by atoms with Gasteiger partial charge in [0.2, 0.25) is 11.8 Å². The second-order valence-corrected chi connectivity index (χ2v) is 6.64. The van der Waals surface area contributed by atoms with Crippen LogP contribution in [0.1, 0.15) is 24.0 Å². The fourth-order valence-electron chi connectivity index (χ4n) is 3.31. The Kier molecular flexibility index (Phi) is 5.68. The van der Waals surface area contributed by atoms with Crippen molar-refractivity contribution in [2.24, 2.45) is 13.0 Å². The van der Waals surface area contributed by atoms with Crippen LogP contribution in [0.4, 0.5) is 5.69 Å². The molecule has 1 saturated heterocycles. The molecular formula is C19H25N5O2. The summed E-state index contributed by atoms with van der Waals surface area (Å²) in [4.78, 5) is 24.7. The van der Waals surface area contributed by atoms with Crippen LogP contribution in [-0.4, -0.2) is 41.2 Å². The predicted molar refractivity (Wildman–Crippen MR) is 99.8 cm³/mol. The van der Waals surface area contributed by atoms with Crippen LogP contribution in [0.2, 0.25) is 0 Å². The highest BCUT2D eigenvalue weighted by Crippen LogP contribution is 2.27. The molecule has 1 aromatic carbocycles. The highest BCUT2D eigenvalue weighted by atomic mass is 16.2. The van der Waals surface area contributed by atoms with Crippen LogP contribution in [-0.2, 0) is 23.1 Å². The molecule has 7 nitrogen and oxygen atoms in total. The van der Waals surface area contributed by atoms with Gasteiger partial charge in [-0.05, 0) is 29.7 Å². The monoisotopic (exact) mass is 355 g/mol. The van der Waals surface area contributed by atoms with Crippen LogP contribution in [0.5, 0.6) is 0 Å². The molecule has 3 rings (SSSR count). The summed E-state index contributed by atoms with van der Waals surface area (Å²) in [6.07, 6.45) is 4.64. The molecule has 26 heavy (non-hydrogen) atoms. The Labute approximate surface area is 153 Å². The summed E-state index contributed by atoms with van der Waals surface area (Å²) in [5.74, 6) is -0.458. The molecule has 3 N–H and O–H groups in total. The average molecular weight is 355 g/mol. The molecule has 0 unspecified atom stereocenters. The third-order valence-electron chi connectivity index (χ3n) is 4.75. The van der Waals surface area contributed by atoms with Gasteiger partial charge in [0, 0.05) is 37.9 Å². The van der Waals surface area contributed by atoms with Crippen molar-refractivity contribution < 1.29 is 9.59 Å². The quantitative estimate of drug-likeness (QED) is 0.722. The van der Waals surface area contributed by atoms with Crippen molar-refractivity contribution in [2.75, 3.05) is 25.0 Å². The summed E-state index contributed by atoms with van der Waals surface area (Å²) in [5, 5.41) is 13.0. The summed E-state index contributed by atoms with van der Waals surface area (Å²) >= 11 is 0. The predicted octanol–water partition coefficient (Wildman–Crippen LogP) is 1.04. The number of anilines is 1. The summed E-state index contributed by atoms with van der Waals surface area (Å²) in [6.45, 7) is 3.37. The Morgan fingerprint density at radius 1 is 1.35 bits per heavy atom. The molecule has 2 aromatic rings. The zero-order chi connectivity index (χ0) is 18.5. The number of hydrogen-bond acceptors (Lipinski definition) is 4. The molecule has 0 radical (unpaired) electrons. The van der Waals surface area contributed by atoms with Crippen molar-refractivity contribution in [3.63, 3.8) is 0 Å². The van der Waals surface area contributed by atoms with E-state index in [0.717, 1.165) is 29.8 Å². The number of amides is 2. The smallest absolute Gasteiger partial charge is 0.243 e. The van der Waals surface area contributed by atoms with E-state index in [0.29, 0.717) is 6.54 Å². The maximum Gasteiger partial charge on any atom is 0.243 e. The van der Waals surface area contributed by atoms with Gasteiger partial charge < -0.3 is 16.0 Å². The van der Waals surface area contributed by atoms with Crippen molar-refractivity contribution in [1.29, 1.82) is 0 Å². The summed E-state index contributed by atoms with van der Waals surface area (Å²) in [7, 11) is 1.86. The fraction of sp³-hybridized carbons (Fsp3) is 0.421. The third kappa shape index (κ3) is 4.29. The number of rotatable bonds is 6. The highest BCUT2D eigenvalue weighted by molar-refractivity contribution is 5.95. The lowest BCUT2D eigenvalue weighted by atomic mass is 9.90. The number of benzene rings is 1. The number of carbonyl (C=O) groups is 2. The van der Waals surface area contributed by atoms with Gasteiger partial charge in [0.05, 0.1) is 18.7 Å². The first-order chi connectivity index (χ1) is 12.6. The first-order valence-electron chi connectivity index (χ1n) is 8.92. The molecule has 2 amide bonds. The van der Waals surface area contributed by atoms with Crippen molar-refractivity contribution in [1.82, 2.24) is 20.4 Å². The normalized spacial score (nSPS) is 19.3. The van der Waals surface area contributed by atoms with Gasteiger partial charge in [-0.15, -0.1) is 0 Å². The van der Waals surface area contributed by atoms with Crippen LogP contribution in [0.25, 0.3) is 0 Å². The Morgan fingerprint density at radius 3 is 2.92 bits per heavy atom. The van der Waals surface area contributed by atoms with Gasteiger partial charge in [-0.1, -0.05) is 19.1 Å². The van der Waals surface area contributed by atoms with Crippen LogP contribution in [0.15, 0.2) is 36.7 Å². The molecule has 7 heteroatoms. The number of hydrogen-bond donors (Lipinski definition) is 3. The topological polar surface area (TPSA) is 88.1 Å². The van der Waals surface area contributed by atoms with E-state index in [4.69, 9.17) is 0 Å². The molecule has 138 valence electrons. The van der Waals surface area contributed by atoms with Gasteiger partial charge >= 0.3 is 0 Å². The van der Waals surface area contributed by atoms with Gasteiger partial charge in [0.25, 0.3) is 0 Å². The van der Waals surface area contributed by atoms with E-state index in [2.05, 4.69) is 28.0 Å². The van der Waals surface area contributed by atoms with Crippen molar-refractivity contribution in [2.45, 2.75) is 19.3 Å². The van der Waals surface area contributed by atoms with Crippen LogP contribution >= 0.6 is 0 Å². The van der Waals surface area contributed by atoms with Crippen LogP contribution in [0.3, 0.4) is 0 Å². The Morgan fingerprint density at radius 2 is 2.19 bits per heavy atom. The number of nitrogens with one attached hydrogen (secondary N) is 3. The van der Waals surface area contributed by atoms with E-state index in [9.17, 15) is 9.59 Å². The first kappa shape index (κ1) is 18.1. The van der Waals surface area contributed by atoms with E-state index < -0.39 is 0 Å². The number of nitrogens with zero attached hydrogens (tertiary/aromatic N) is 2.